The Morgan fingerprint density at radius 2 is 2.04 bits per heavy atom. The van der Waals surface area contributed by atoms with E-state index in [1.54, 1.807) is 12.1 Å². The molecule has 2 aliphatic rings. The first-order chi connectivity index (χ1) is 11.5. The van der Waals surface area contributed by atoms with Crippen LogP contribution in [0.15, 0.2) is 29.3 Å². The molecule has 1 heterocycles. The van der Waals surface area contributed by atoms with Gasteiger partial charge in [-0.3, -0.25) is 0 Å². The number of nitrogens with zero attached hydrogens (tertiary/aromatic N) is 1. The van der Waals surface area contributed by atoms with E-state index in [1.165, 1.54) is 16.9 Å². The first-order valence-corrected chi connectivity index (χ1v) is 10.1. The predicted octanol–water partition coefficient (Wildman–Crippen LogP) is 3.17. The van der Waals surface area contributed by atoms with Crippen LogP contribution in [0.25, 0.3) is 0 Å². The van der Waals surface area contributed by atoms with Crippen molar-refractivity contribution in [3.05, 3.63) is 65.6 Å². The minimum atomic E-state index is -0.580. The Balaban J connectivity index is 1.56. The molecule has 127 valence electrons. The number of benzene rings is 1. The van der Waals surface area contributed by atoms with Crippen molar-refractivity contribution in [1.29, 1.82) is 0 Å². The molecule has 1 saturated carbocycles. The van der Waals surface area contributed by atoms with Gasteiger partial charge in [-0.2, -0.15) is 0 Å². The van der Waals surface area contributed by atoms with E-state index in [1.807, 2.05) is 12.8 Å². The van der Waals surface area contributed by atoms with Gasteiger partial charge in [-0.05, 0) is 0 Å². The molecule has 0 amide bonds. The maximum absolute atomic E-state index is 13.0. The molecule has 3 rings (SSSR count). The Labute approximate surface area is 149 Å². The molecule has 3 nitrogen and oxygen atoms in total. The monoisotopic (exact) mass is 394 g/mol. The third kappa shape index (κ3) is 4.19. The van der Waals surface area contributed by atoms with Gasteiger partial charge in [0.2, 0.25) is 0 Å². The molecule has 1 unspecified atom stereocenters. The Kier molecular flexibility index (Phi) is 5.96. The van der Waals surface area contributed by atoms with Gasteiger partial charge in [0, 0.05) is 0 Å². The van der Waals surface area contributed by atoms with Crippen molar-refractivity contribution >= 4 is 20.9 Å². The summed E-state index contributed by atoms with van der Waals surface area (Å²) in [6, 6.07) is 6.26. The zero-order chi connectivity index (χ0) is 17.1. The van der Waals surface area contributed by atoms with Crippen LogP contribution in [0.1, 0.15) is 25.5 Å². The van der Waals surface area contributed by atoms with Crippen LogP contribution in [-0.2, 0) is 4.74 Å². The standard InChI is InChI=1S/C19H21FNO2Se/c1-12(2)16-10-23-19(21-16)15-4-3-5-18(15)24-11-17(22)13-6-8-14(20)9-7-13/h3-9,12,16-17,22H,10-11H2,1-2H3/t16-,17?/m1/s1. The quantitative estimate of drug-likeness (QED) is 0.755. The van der Waals surface area contributed by atoms with E-state index in [9.17, 15) is 9.50 Å². The van der Waals surface area contributed by atoms with Crippen molar-refractivity contribution < 1.29 is 14.2 Å². The van der Waals surface area contributed by atoms with Gasteiger partial charge in [0.15, 0.2) is 0 Å². The Morgan fingerprint density at radius 1 is 1.29 bits per heavy atom. The van der Waals surface area contributed by atoms with Gasteiger partial charge in [-0.1, -0.05) is 0 Å². The second-order valence-electron chi connectivity index (χ2n) is 6.24. The van der Waals surface area contributed by atoms with Gasteiger partial charge in [0.1, 0.15) is 0 Å². The van der Waals surface area contributed by atoms with Crippen LogP contribution in [0.3, 0.4) is 0 Å². The van der Waals surface area contributed by atoms with Crippen LogP contribution in [-0.4, -0.2) is 38.6 Å². The Hall–Kier alpha value is -0.901. The van der Waals surface area contributed by atoms with E-state index in [2.05, 4.69) is 25.3 Å². The summed E-state index contributed by atoms with van der Waals surface area (Å²) < 4.78 is 18.7. The summed E-state index contributed by atoms with van der Waals surface area (Å²) in [6.45, 7) is 4.94. The van der Waals surface area contributed by atoms with E-state index in [0.29, 0.717) is 17.8 Å². The Morgan fingerprint density at radius 3 is 2.71 bits per heavy atom. The molecular formula is C19H21FNO2Se. The molecule has 1 N–H and O–H groups in total. The van der Waals surface area contributed by atoms with Crippen molar-refractivity contribution in [1.82, 2.24) is 0 Å². The SMILES string of the molecule is CC(C)[C@H]1COC([C]2[CH][CH][CH][C]2[Se]CC(O)c2ccc(F)cc2)=N1. The van der Waals surface area contributed by atoms with Crippen molar-refractivity contribution in [3.63, 3.8) is 0 Å². The van der Waals surface area contributed by atoms with Crippen molar-refractivity contribution in [2.75, 3.05) is 6.61 Å². The summed E-state index contributed by atoms with van der Waals surface area (Å²) in [7, 11) is 0. The molecule has 1 aliphatic heterocycles. The molecule has 1 fully saturated rings. The van der Waals surface area contributed by atoms with E-state index >= 15 is 0 Å². The molecule has 0 aromatic heterocycles. The second-order valence-corrected chi connectivity index (χ2v) is 8.47. The average Bonchev–Trinajstić information content (AvgIpc) is 3.22. The topological polar surface area (TPSA) is 41.8 Å². The number of halogens is 1. The number of aliphatic hydroxyl groups is 1. The normalized spacial score (nSPS) is 23.5. The molecule has 0 saturated heterocycles. The fraction of sp³-hybridized carbons (Fsp3) is 0.368. The molecule has 1 aliphatic carbocycles. The first-order valence-electron chi connectivity index (χ1n) is 8.07. The molecule has 5 heteroatoms. The van der Waals surface area contributed by atoms with Gasteiger partial charge >= 0.3 is 150 Å². The number of hydrogen-bond donors (Lipinski definition) is 1. The molecular weight excluding hydrogens is 372 g/mol. The summed E-state index contributed by atoms with van der Waals surface area (Å²) in [5, 5.41) is 10.9. The van der Waals surface area contributed by atoms with E-state index in [4.69, 9.17) is 4.74 Å². The van der Waals surface area contributed by atoms with E-state index < -0.39 is 6.10 Å². The number of aliphatic imine (C=N–C) groups is 1. The zero-order valence-corrected chi connectivity index (χ0v) is 15.5. The zero-order valence-electron chi connectivity index (χ0n) is 13.8. The van der Waals surface area contributed by atoms with Crippen LogP contribution in [0.4, 0.5) is 4.39 Å². The summed E-state index contributed by atoms with van der Waals surface area (Å²) >= 11 is 0.0917. The minimum absolute atomic E-state index is 0.0917. The maximum atomic E-state index is 13.0. The molecule has 2 atom stereocenters. The van der Waals surface area contributed by atoms with Crippen LogP contribution >= 0.6 is 0 Å². The van der Waals surface area contributed by atoms with Gasteiger partial charge in [0.25, 0.3) is 0 Å². The van der Waals surface area contributed by atoms with Crippen molar-refractivity contribution in [3.8, 4) is 0 Å². The third-order valence-corrected chi connectivity index (χ3v) is 6.51. The van der Waals surface area contributed by atoms with Crippen LogP contribution in [0.2, 0.25) is 5.32 Å². The van der Waals surface area contributed by atoms with Gasteiger partial charge in [0.05, 0.1) is 0 Å². The van der Waals surface area contributed by atoms with Crippen molar-refractivity contribution in [2.24, 2.45) is 10.9 Å². The van der Waals surface area contributed by atoms with Gasteiger partial charge in [-0.25, -0.2) is 0 Å². The van der Waals surface area contributed by atoms with E-state index in [0.717, 1.165) is 17.4 Å². The molecule has 0 spiro atoms. The van der Waals surface area contributed by atoms with Gasteiger partial charge in [-0.15, -0.1) is 0 Å². The van der Waals surface area contributed by atoms with Crippen LogP contribution in [0.5, 0.6) is 0 Å². The number of aliphatic hydroxyl groups excluding tert-OH is 1. The summed E-state index contributed by atoms with van der Waals surface area (Å²) in [5.74, 6) is 1.95. The van der Waals surface area contributed by atoms with Gasteiger partial charge < -0.3 is 0 Å². The molecule has 1 aromatic rings. The summed E-state index contributed by atoms with van der Waals surface area (Å²) in [4.78, 5) is 5.87. The Bertz CT molecular complexity index is 575. The van der Waals surface area contributed by atoms with Crippen LogP contribution in [0, 0.1) is 41.7 Å². The summed E-state index contributed by atoms with van der Waals surface area (Å²) in [5.41, 5.74) is 0.751. The fourth-order valence-electron chi connectivity index (χ4n) is 2.53. The van der Waals surface area contributed by atoms with E-state index in [-0.39, 0.29) is 26.8 Å². The van der Waals surface area contributed by atoms with Crippen LogP contribution < -0.4 is 0 Å². The predicted molar refractivity (Wildman–Crippen MR) is 93.3 cm³/mol. The third-order valence-electron chi connectivity index (χ3n) is 4.10. The summed E-state index contributed by atoms with van der Waals surface area (Å²) in [6.07, 6.45) is 5.53. The molecule has 5 radical (unpaired) electrons. The van der Waals surface area contributed by atoms with Crippen molar-refractivity contribution in [2.45, 2.75) is 31.3 Å². The average molecular weight is 393 g/mol. The molecule has 1 aromatic carbocycles. The first kappa shape index (κ1) is 17.9. The molecule has 24 heavy (non-hydrogen) atoms. The molecule has 0 bridgehead atoms. The number of ether oxygens (including phenoxy) is 1. The second kappa shape index (κ2) is 7.99. The number of rotatable bonds is 6. The fourth-order valence-corrected chi connectivity index (χ4v) is 4.66. The number of hydrogen-bond acceptors (Lipinski definition) is 3.